The van der Waals surface area contributed by atoms with Crippen LogP contribution in [0.3, 0.4) is 0 Å². The number of fused-ring (bicyclic) bond motifs is 1. The van der Waals surface area contributed by atoms with Crippen LogP contribution >= 0.6 is 0 Å². The molecule has 0 bridgehead atoms. The van der Waals surface area contributed by atoms with Crippen LogP contribution < -0.4 is 10.2 Å². The lowest BCUT2D eigenvalue weighted by molar-refractivity contribution is 0.0815. The van der Waals surface area contributed by atoms with Crippen molar-refractivity contribution < 1.29 is 9.90 Å². The Hall–Kier alpha value is -3.31. The molecule has 5 rings (SSSR count). The van der Waals surface area contributed by atoms with E-state index in [0.717, 1.165) is 68.7 Å². The summed E-state index contributed by atoms with van der Waals surface area (Å²) in [5.74, 6) is 1.80. The fourth-order valence-corrected chi connectivity index (χ4v) is 5.01. The summed E-state index contributed by atoms with van der Waals surface area (Å²) in [4.78, 5) is 28.2. The van der Waals surface area contributed by atoms with Crippen molar-refractivity contribution in [1.82, 2.24) is 34.5 Å². The lowest BCUT2D eigenvalue weighted by atomic mass is 10.2. The van der Waals surface area contributed by atoms with Crippen molar-refractivity contribution in [3.63, 3.8) is 0 Å². The van der Waals surface area contributed by atoms with Gasteiger partial charge < -0.3 is 24.8 Å². The number of hydrogen-bond acceptors (Lipinski definition) is 9. The maximum Gasteiger partial charge on any atom is 0.270 e. The van der Waals surface area contributed by atoms with Gasteiger partial charge in [0.2, 0.25) is 5.95 Å². The minimum atomic E-state index is -0.0249. The van der Waals surface area contributed by atoms with Crippen LogP contribution in [0.4, 0.5) is 17.6 Å². The van der Waals surface area contributed by atoms with E-state index in [4.69, 9.17) is 10.1 Å². The Morgan fingerprint density at radius 3 is 2.57 bits per heavy atom. The minimum Gasteiger partial charge on any atom is -0.395 e. The molecule has 1 aliphatic carbocycles. The number of nitrogens with one attached hydrogen (secondary N) is 1. The van der Waals surface area contributed by atoms with Gasteiger partial charge in [-0.1, -0.05) is 12.8 Å². The normalized spacial score (nSPS) is 17.3. The largest absolute Gasteiger partial charge is 0.395 e. The fourth-order valence-electron chi connectivity index (χ4n) is 5.01. The topological polar surface area (TPSA) is 116 Å². The van der Waals surface area contributed by atoms with Gasteiger partial charge in [0, 0.05) is 64.4 Å². The first kappa shape index (κ1) is 23.4. The standard InChI is InChI=1S/C24H33N9O2/c1-30(2)23(35)19-15-17-16-25-24(27-22(17)33(19)18-5-3-4-6-18)26-20-7-8-21(29-28-20)32-11-9-31(10-12-32)13-14-34/h7-8,15-16,18,34H,3-6,9-14H2,1-2H3,(H,25,26,27,28). The summed E-state index contributed by atoms with van der Waals surface area (Å²) in [5.41, 5.74) is 1.43. The predicted molar refractivity (Wildman–Crippen MR) is 134 cm³/mol. The number of carbonyl (C=O) groups excluding carboxylic acids is 1. The summed E-state index contributed by atoms with van der Waals surface area (Å²) in [6.07, 6.45) is 6.18. The molecule has 1 saturated carbocycles. The number of amides is 1. The number of β-amino-alcohol motifs (C(OH)–C–C–N with tert-alkyl or cyclic N) is 1. The third-order valence-electron chi connectivity index (χ3n) is 6.89. The van der Waals surface area contributed by atoms with Crippen molar-refractivity contribution in [2.75, 3.05) is 63.6 Å². The Balaban J connectivity index is 1.35. The van der Waals surface area contributed by atoms with Crippen molar-refractivity contribution in [2.24, 2.45) is 0 Å². The van der Waals surface area contributed by atoms with Crippen molar-refractivity contribution in [3.05, 3.63) is 30.1 Å². The van der Waals surface area contributed by atoms with Gasteiger partial charge in [-0.3, -0.25) is 9.69 Å². The molecule has 2 N–H and O–H groups in total. The van der Waals surface area contributed by atoms with E-state index in [1.807, 2.05) is 18.2 Å². The van der Waals surface area contributed by atoms with Gasteiger partial charge in [0.1, 0.15) is 11.3 Å². The maximum absolute atomic E-state index is 12.9. The molecule has 2 fully saturated rings. The molecule has 2 aliphatic rings. The number of piperazine rings is 1. The predicted octanol–water partition coefficient (Wildman–Crippen LogP) is 1.90. The molecule has 1 saturated heterocycles. The zero-order valence-electron chi connectivity index (χ0n) is 20.4. The van der Waals surface area contributed by atoms with Gasteiger partial charge in [0.05, 0.1) is 6.61 Å². The van der Waals surface area contributed by atoms with E-state index in [2.05, 4.69) is 34.9 Å². The number of carbonyl (C=O) groups is 1. The smallest absolute Gasteiger partial charge is 0.270 e. The lowest BCUT2D eigenvalue weighted by Gasteiger charge is -2.34. The molecule has 0 unspecified atom stereocenters. The van der Waals surface area contributed by atoms with Crippen LogP contribution in [-0.2, 0) is 0 Å². The molecule has 0 atom stereocenters. The monoisotopic (exact) mass is 479 g/mol. The molecule has 11 heteroatoms. The highest BCUT2D eigenvalue weighted by Crippen LogP contribution is 2.34. The molecule has 35 heavy (non-hydrogen) atoms. The van der Waals surface area contributed by atoms with Crippen molar-refractivity contribution in [1.29, 1.82) is 0 Å². The molecule has 3 aromatic rings. The number of aromatic nitrogens is 5. The highest BCUT2D eigenvalue weighted by Gasteiger charge is 2.26. The summed E-state index contributed by atoms with van der Waals surface area (Å²) in [6.45, 7) is 4.40. The van der Waals surface area contributed by atoms with E-state index < -0.39 is 0 Å². The van der Waals surface area contributed by atoms with Gasteiger partial charge >= 0.3 is 0 Å². The summed E-state index contributed by atoms with van der Waals surface area (Å²) in [6, 6.07) is 6.00. The Labute approximate surface area is 204 Å². The van der Waals surface area contributed by atoms with Crippen LogP contribution in [0.2, 0.25) is 0 Å². The van der Waals surface area contributed by atoms with Crippen LogP contribution in [0.1, 0.15) is 42.2 Å². The van der Waals surface area contributed by atoms with E-state index in [1.54, 1.807) is 25.2 Å². The Bertz CT molecular complexity index is 1160. The van der Waals surface area contributed by atoms with Crippen LogP contribution in [0.15, 0.2) is 24.4 Å². The Morgan fingerprint density at radius 1 is 1.14 bits per heavy atom. The number of aliphatic hydroxyl groups is 1. The molecule has 0 spiro atoms. The van der Waals surface area contributed by atoms with Crippen molar-refractivity contribution in [2.45, 2.75) is 31.7 Å². The second-order valence-electron chi connectivity index (χ2n) is 9.46. The first-order valence-electron chi connectivity index (χ1n) is 12.3. The first-order valence-corrected chi connectivity index (χ1v) is 12.3. The third kappa shape index (κ3) is 4.92. The van der Waals surface area contributed by atoms with E-state index in [9.17, 15) is 4.79 Å². The number of anilines is 3. The van der Waals surface area contributed by atoms with Gasteiger partial charge in [-0.05, 0) is 31.0 Å². The van der Waals surface area contributed by atoms with Crippen LogP contribution in [0.5, 0.6) is 0 Å². The molecule has 1 amide bonds. The molecule has 0 radical (unpaired) electrons. The molecular weight excluding hydrogens is 446 g/mol. The van der Waals surface area contributed by atoms with E-state index in [1.165, 1.54) is 0 Å². The molecule has 4 heterocycles. The summed E-state index contributed by atoms with van der Waals surface area (Å²) in [7, 11) is 3.55. The zero-order chi connectivity index (χ0) is 24.4. The highest BCUT2D eigenvalue weighted by molar-refractivity contribution is 5.97. The number of rotatable bonds is 7. The molecule has 186 valence electrons. The lowest BCUT2D eigenvalue weighted by Crippen LogP contribution is -2.47. The average Bonchev–Trinajstić information content (AvgIpc) is 3.52. The molecular formula is C24H33N9O2. The fraction of sp³-hybridized carbons (Fsp3) is 0.542. The quantitative estimate of drug-likeness (QED) is 0.524. The zero-order valence-corrected chi connectivity index (χ0v) is 20.4. The molecule has 1 aliphatic heterocycles. The average molecular weight is 480 g/mol. The number of nitrogens with zero attached hydrogens (tertiary/aromatic N) is 8. The minimum absolute atomic E-state index is 0.0249. The number of aliphatic hydroxyl groups excluding tert-OH is 1. The van der Waals surface area contributed by atoms with Crippen molar-refractivity contribution >= 4 is 34.5 Å². The SMILES string of the molecule is CN(C)C(=O)c1cc2cnc(Nc3ccc(N4CCN(CCO)CC4)nn3)nc2n1C1CCCC1. The Kier molecular flexibility index (Phi) is 6.78. The van der Waals surface area contributed by atoms with Gasteiger partial charge in [0.25, 0.3) is 5.91 Å². The van der Waals surface area contributed by atoms with Crippen LogP contribution in [0, 0.1) is 0 Å². The number of hydrogen-bond donors (Lipinski definition) is 2. The van der Waals surface area contributed by atoms with Crippen molar-refractivity contribution in [3.8, 4) is 0 Å². The summed E-state index contributed by atoms with van der Waals surface area (Å²) >= 11 is 0. The Morgan fingerprint density at radius 2 is 1.91 bits per heavy atom. The second-order valence-corrected chi connectivity index (χ2v) is 9.46. The molecule has 0 aromatic carbocycles. The van der Waals surface area contributed by atoms with Gasteiger partial charge in [0.15, 0.2) is 11.6 Å². The van der Waals surface area contributed by atoms with E-state index in [-0.39, 0.29) is 18.6 Å². The van der Waals surface area contributed by atoms with Crippen LogP contribution in [0.25, 0.3) is 11.0 Å². The maximum atomic E-state index is 12.9. The van der Waals surface area contributed by atoms with Gasteiger partial charge in [-0.25, -0.2) is 4.98 Å². The highest BCUT2D eigenvalue weighted by atomic mass is 16.3. The summed E-state index contributed by atoms with van der Waals surface area (Å²) < 4.78 is 2.10. The first-order chi connectivity index (χ1) is 17.0. The van der Waals surface area contributed by atoms with Crippen LogP contribution in [-0.4, -0.2) is 99.0 Å². The van der Waals surface area contributed by atoms with E-state index in [0.29, 0.717) is 24.0 Å². The third-order valence-corrected chi connectivity index (χ3v) is 6.89. The van der Waals surface area contributed by atoms with Gasteiger partial charge in [-0.2, -0.15) is 4.98 Å². The van der Waals surface area contributed by atoms with Gasteiger partial charge in [-0.15, -0.1) is 10.2 Å². The second kappa shape index (κ2) is 10.1. The molecule has 11 nitrogen and oxygen atoms in total. The molecule has 3 aromatic heterocycles. The van der Waals surface area contributed by atoms with E-state index >= 15 is 0 Å². The summed E-state index contributed by atoms with van der Waals surface area (Å²) in [5, 5.41) is 21.9.